The lowest BCUT2D eigenvalue weighted by Gasteiger charge is -2.04. The van der Waals surface area contributed by atoms with Crippen molar-refractivity contribution in [3.8, 4) is 0 Å². The van der Waals surface area contributed by atoms with Gasteiger partial charge in [-0.25, -0.2) is 0 Å². The second-order valence-electron chi connectivity index (χ2n) is 2.44. The SMILES string of the molecule is CCOCC1CCNC1=O. The van der Waals surface area contributed by atoms with Gasteiger partial charge in [0.15, 0.2) is 0 Å². The summed E-state index contributed by atoms with van der Waals surface area (Å²) in [6, 6.07) is 0. The molecule has 1 atom stereocenters. The highest BCUT2D eigenvalue weighted by atomic mass is 16.5. The van der Waals surface area contributed by atoms with Crippen LogP contribution in [0.1, 0.15) is 13.3 Å². The average molecular weight is 143 g/mol. The topological polar surface area (TPSA) is 38.3 Å². The molecule has 1 amide bonds. The van der Waals surface area contributed by atoms with Gasteiger partial charge in [0.25, 0.3) is 0 Å². The van der Waals surface area contributed by atoms with Gasteiger partial charge in [0.05, 0.1) is 12.5 Å². The molecule has 1 heterocycles. The molecule has 0 aromatic heterocycles. The summed E-state index contributed by atoms with van der Waals surface area (Å²) in [6.07, 6.45) is 0.929. The summed E-state index contributed by atoms with van der Waals surface area (Å²) in [5.41, 5.74) is 0. The minimum Gasteiger partial charge on any atom is -0.381 e. The molecule has 58 valence electrons. The lowest BCUT2D eigenvalue weighted by molar-refractivity contribution is -0.124. The quantitative estimate of drug-likeness (QED) is 0.611. The minimum absolute atomic E-state index is 0.111. The number of carbonyl (C=O) groups is 1. The van der Waals surface area contributed by atoms with Gasteiger partial charge in [0, 0.05) is 13.2 Å². The number of carbonyl (C=O) groups excluding carboxylic acids is 1. The molecular weight excluding hydrogens is 130 g/mol. The predicted molar refractivity (Wildman–Crippen MR) is 37.6 cm³/mol. The summed E-state index contributed by atoms with van der Waals surface area (Å²) >= 11 is 0. The van der Waals surface area contributed by atoms with E-state index >= 15 is 0 Å². The highest BCUT2D eigenvalue weighted by Gasteiger charge is 2.23. The van der Waals surface area contributed by atoms with E-state index < -0.39 is 0 Å². The van der Waals surface area contributed by atoms with E-state index in [1.165, 1.54) is 0 Å². The average Bonchev–Trinajstić information content (AvgIpc) is 2.31. The number of ether oxygens (including phenoxy) is 1. The predicted octanol–water partition coefficient (Wildman–Crippen LogP) is 0.159. The Hall–Kier alpha value is -0.570. The first-order valence-electron chi connectivity index (χ1n) is 3.70. The molecule has 10 heavy (non-hydrogen) atoms. The van der Waals surface area contributed by atoms with Crippen LogP contribution in [0.4, 0.5) is 0 Å². The zero-order valence-electron chi connectivity index (χ0n) is 6.22. The normalized spacial score (nSPS) is 24.9. The fourth-order valence-electron chi connectivity index (χ4n) is 1.06. The van der Waals surface area contributed by atoms with Crippen LogP contribution in [0.5, 0.6) is 0 Å². The van der Waals surface area contributed by atoms with E-state index in [1.807, 2.05) is 6.92 Å². The van der Waals surface area contributed by atoms with Crippen molar-refractivity contribution in [3.05, 3.63) is 0 Å². The molecule has 0 saturated carbocycles. The molecule has 1 aliphatic heterocycles. The Morgan fingerprint density at radius 3 is 3.10 bits per heavy atom. The van der Waals surface area contributed by atoms with Crippen molar-refractivity contribution in [2.45, 2.75) is 13.3 Å². The fraction of sp³-hybridized carbons (Fsp3) is 0.857. The van der Waals surface area contributed by atoms with E-state index in [2.05, 4.69) is 5.32 Å². The van der Waals surface area contributed by atoms with E-state index in [0.29, 0.717) is 13.2 Å². The van der Waals surface area contributed by atoms with Crippen LogP contribution in [0, 0.1) is 5.92 Å². The molecule has 0 spiro atoms. The molecule has 0 radical (unpaired) electrons. The molecule has 0 bridgehead atoms. The van der Waals surface area contributed by atoms with Crippen LogP contribution in [0.25, 0.3) is 0 Å². The largest absolute Gasteiger partial charge is 0.381 e. The maximum absolute atomic E-state index is 10.9. The van der Waals surface area contributed by atoms with Crippen LogP contribution in [0.15, 0.2) is 0 Å². The molecule has 1 N–H and O–H groups in total. The van der Waals surface area contributed by atoms with Gasteiger partial charge >= 0.3 is 0 Å². The first-order chi connectivity index (χ1) is 4.84. The third kappa shape index (κ3) is 1.70. The zero-order chi connectivity index (χ0) is 7.40. The van der Waals surface area contributed by atoms with Gasteiger partial charge in [0.1, 0.15) is 0 Å². The van der Waals surface area contributed by atoms with Crippen molar-refractivity contribution >= 4 is 5.91 Å². The van der Waals surface area contributed by atoms with Crippen LogP contribution in [-0.2, 0) is 9.53 Å². The monoisotopic (exact) mass is 143 g/mol. The number of amides is 1. The summed E-state index contributed by atoms with van der Waals surface area (Å²) in [4.78, 5) is 10.9. The molecular formula is C7H13NO2. The molecule has 1 saturated heterocycles. The third-order valence-electron chi connectivity index (χ3n) is 1.69. The molecule has 3 heteroatoms. The standard InChI is InChI=1S/C7H13NO2/c1-2-10-5-6-3-4-8-7(6)9/h6H,2-5H2,1H3,(H,8,9). The van der Waals surface area contributed by atoms with E-state index in [0.717, 1.165) is 13.0 Å². The maximum atomic E-state index is 10.9. The van der Waals surface area contributed by atoms with Crippen molar-refractivity contribution in [2.75, 3.05) is 19.8 Å². The second-order valence-corrected chi connectivity index (χ2v) is 2.44. The van der Waals surface area contributed by atoms with Gasteiger partial charge in [-0.3, -0.25) is 4.79 Å². The summed E-state index contributed by atoms with van der Waals surface area (Å²) in [7, 11) is 0. The molecule has 0 aliphatic carbocycles. The smallest absolute Gasteiger partial charge is 0.225 e. The van der Waals surface area contributed by atoms with Gasteiger partial charge in [-0.15, -0.1) is 0 Å². The van der Waals surface area contributed by atoms with Crippen molar-refractivity contribution < 1.29 is 9.53 Å². The van der Waals surface area contributed by atoms with Gasteiger partial charge < -0.3 is 10.1 Å². The Morgan fingerprint density at radius 2 is 2.60 bits per heavy atom. The first-order valence-corrected chi connectivity index (χ1v) is 3.70. The first kappa shape index (κ1) is 7.54. The zero-order valence-corrected chi connectivity index (χ0v) is 6.22. The Kier molecular flexibility index (Phi) is 2.68. The Morgan fingerprint density at radius 1 is 1.80 bits per heavy atom. The molecule has 0 aromatic carbocycles. The van der Waals surface area contributed by atoms with Crippen molar-refractivity contribution in [2.24, 2.45) is 5.92 Å². The number of nitrogens with one attached hydrogen (secondary N) is 1. The molecule has 1 fully saturated rings. The second kappa shape index (κ2) is 3.56. The van der Waals surface area contributed by atoms with Crippen LogP contribution < -0.4 is 5.32 Å². The van der Waals surface area contributed by atoms with Crippen LogP contribution in [0.3, 0.4) is 0 Å². The number of hydrogen-bond acceptors (Lipinski definition) is 2. The van der Waals surface area contributed by atoms with E-state index in [9.17, 15) is 4.79 Å². The highest BCUT2D eigenvalue weighted by molar-refractivity contribution is 5.80. The van der Waals surface area contributed by atoms with Crippen molar-refractivity contribution in [3.63, 3.8) is 0 Å². The van der Waals surface area contributed by atoms with Crippen molar-refractivity contribution in [1.82, 2.24) is 5.32 Å². The maximum Gasteiger partial charge on any atom is 0.225 e. The Labute approximate surface area is 60.7 Å². The summed E-state index contributed by atoms with van der Waals surface area (Å²) in [6.45, 7) is 4.04. The van der Waals surface area contributed by atoms with E-state index in [-0.39, 0.29) is 11.8 Å². The highest BCUT2D eigenvalue weighted by Crippen LogP contribution is 2.08. The van der Waals surface area contributed by atoms with E-state index in [1.54, 1.807) is 0 Å². The lowest BCUT2D eigenvalue weighted by atomic mass is 10.1. The summed E-state index contributed by atoms with van der Waals surface area (Å²) < 4.78 is 5.13. The van der Waals surface area contributed by atoms with Gasteiger partial charge in [0.2, 0.25) is 5.91 Å². The number of rotatable bonds is 3. The molecule has 1 aliphatic rings. The minimum atomic E-state index is 0.111. The Balaban J connectivity index is 2.20. The van der Waals surface area contributed by atoms with Crippen LogP contribution >= 0.6 is 0 Å². The van der Waals surface area contributed by atoms with Crippen LogP contribution in [-0.4, -0.2) is 25.7 Å². The van der Waals surface area contributed by atoms with Crippen molar-refractivity contribution in [1.29, 1.82) is 0 Å². The van der Waals surface area contributed by atoms with Gasteiger partial charge in [-0.05, 0) is 13.3 Å². The molecule has 1 unspecified atom stereocenters. The molecule has 3 nitrogen and oxygen atoms in total. The van der Waals surface area contributed by atoms with Gasteiger partial charge in [-0.2, -0.15) is 0 Å². The Bertz CT molecular complexity index is 125. The molecule has 0 aromatic rings. The summed E-state index contributed by atoms with van der Waals surface area (Å²) in [5, 5.41) is 2.76. The lowest BCUT2D eigenvalue weighted by Crippen LogP contribution is -2.22. The van der Waals surface area contributed by atoms with Gasteiger partial charge in [-0.1, -0.05) is 0 Å². The molecule has 1 rings (SSSR count). The summed E-state index contributed by atoms with van der Waals surface area (Å²) in [5.74, 6) is 0.258. The number of hydrogen-bond donors (Lipinski definition) is 1. The fourth-order valence-corrected chi connectivity index (χ4v) is 1.06. The van der Waals surface area contributed by atoms with Crippen LogP contribution in [0.2, 0.25) is 0 Å². The van der Waals surface area contributed by atoms with E-state index in [4.69, 9.17) is 4.74 Å². The third-order valence-corrected chi connectivity index (χ3v) is 1.69.